The second-order valence-corrected chi connectivity index (χ2v) is 1.44. The first-order chi connectivity index (χ1) is 4.85. The van der Waals surface area contributed by atoms with Crippen molar-refractivity contribution < 1.29 is 4.79 Å². The van der Waals surface area contributed by atoms with Crippen molar-refractivity contribution in [2.45, 2.75) is 6.92 Å². The number of nitrogens with zero attached hydrogens (tertiary/aromatic N) is 1. The SMILES string of the molecule is C=C/C=C(\N=C/C)NC=O. The molecule has 0 rings (SSSR count). The molecule has 0 atom stereocenters. The summed E-state index contributed by atoms with van der Waals surface area (Å²) in [6, 6.07) is 0. The quantitative estimate of drug-likeness (QED) is 0.349. The molecule has 54 valence electrons. The zero-order valence-corrected chi connectivity index (χ0v) is 5.87. The molecule has 0 aliphatic carbocycles. The predicted octanol–water partition coefficient (Wildman–Crippen LogP) is 0.850. The molecule has 3 heteroatoms. The van der Waals surface area contributed by atoms with E-state index in [1.54, 1.807) is 25.3 Å². The van der Waals surface area contributed by atoms with Gasteiger partial charge in [-0.25, -0.2) is 4.99 Å². The number of nitrogens with one attached hydrogen (secondary N) is 1. The van der Waals surface area contributed by atoms with E-state index in [0.717, 1.165) is 0 Å². The van der Waals surface area contributed by atoms with E-state index in [0.29, 0.717) is 12.2 Å². The van der Waals surface area contributed by atoms with Gasteiger partial charge in [0.1, 0.15) is 5.82 Å². The fourth-order valence-electron chi connectivity index (χ4n) is 0.440. The highest BCUT2D eigenvalue weighted by Crippen LogP contribution is 1.87. The highest BCUT2D eigenvalue weighted by molar-refractivity contribution is 5.58. The molecule has 0 aromatic heterocycles. The number of hydrogen-bond donors (Lipinski definition) is 1. The summed E-state index contributed by atoms with van der Waals surface area (Å²) in [4.78, 5) is 13.7. The molecule has 0 unspecified atom stereocenters. The summed E-state index contributed by atoms with van der Waals surface area (Å²) in [6.07, 6.45) is 5.32. The Balaban J connectivity index is 4.09. The molecule has 0 spiro atoms. The second kappa shape index (κ2) is 5.75. The molecule has 0 saturated carbocycles. The van der Waals surface area contributed by atoms with Gasteiger partial charge >= 0.3 is 0 Å². The molecule has 1 amide bonds. The summed E-state index contributed by atoms with van der Waals surface area (Å²) in [5, 5.41) is 2.40. The molecule has 0 saturated heterocycles. The molecule has 0 aromatic carbocycles. The third-order valence-electron chi connectivity index (χ3n) is 0.751. The Labute approximate surface area is 60.2 Å². The van der Waals surface area contributed by atoms with Gasteiger partial charge in [0.15, 0.2) is 0 Å². The van der Waals surface area contributed by atoms with Gasteiger partial charge in [0.05, 0.1) is 0 Å². The van der Waals surface area contributed by atoms with Gasteiger partial charge in [0.2, 0.25) is 6.41 Å². The van der Waals surface area contributed by atoms with Gasteiger partial charge in [0.25, 0.3) is 0 Å². The third-order valence-corrected chi connectivity index (χ3v) is 0.751. The summed E-state index contributed by atoms with van der Waals surface area (Å²) >= 11 is 0. The topological polar surface area (TPSA) is 41.5 Å². The molecule has 0 fully saturated rings. The number of hydrogen-bond acceptors (Lipinski definition) is 2. The number of allylic oxidation sites excluding steroid dienone is 2. The lowest BCUT2D eigenvalue weighted by Crippen LogP contribution is -2.07. The second-order valence-electron chi connectivity index (χ2n) is 1.44. The minimum absolute atomic E-state index is 0.493. The lowest BCUT2D eigenvalue weighted by Gasteiger charge is -1.93. The van der Waals surface area contributed by atoms with Crippen molar-refractivity contribution in [3.8, 4) is 0 Å². The van der Waals surface area contributed by atoms with Crippen LogP contribution in [0.1, 0.15) is 6.92 Å². The average molecular weight is 138 g/mol. The Morgan fingerprint density at radius 1 is 1.70 bits per heavy atom. The lowest BCUT2D eigenvalue weighted by atomic mass is 10.5. The van der Waals surface area contributed by atoms with Crippen molar-refractivity contribution in [3.63, 3.8) is 0 Å². The van der Waals surface area contributed by atoms with Gasteiger partial charge in [0, 0.05) is 6.21 Å². The number of amides is 1. The van der Waals surface area contributed by atoms with Crippen molar-refractivity contribution in [2.24, 2.45) is 4.99 Å². The van der Waals surface area contributed by atoms with Crippen molar-refractivity contribution in [1.82, 2.24) is 5.32 Å². The van der Waals surface area contributed by atoms with Crippen LogP contribution < -0.4 is 5.32 Å². The first kappa shape index (κ1) is 8.62. The molecular formula is C7H10N2O. The average Bonchev–Trinajstić information content (AvgIpc) is 1.90. The van der Waals surface area contributed by atoms with Gasteiger partial charge in [-0.05, 0) is 13.0 Å². The van der Waals surface area contributed by atoms with Crippen LogP contribution in [-0.4, -0.2) is 12.6 Å². The minimum Gasteiger partial charge on any atom is -0.313 e. The van der Waals surface area contributed by atoms with Crippen molar-refractivity contribution in [1.29, 1.82) is 0 Å². The predicted molar refractivity (Wildman–Crippen MR) is 41.6 cm³/mol. The maximum absolute atomic E-state index is 9.90. The number of rotatable bonds is 4. The van der Waals surface area contributed by atoms with E-state index in [-0.39, 0.29) is 0 Å². The van der Waals surface area contributed by atoms with Crippen LogP contribution in [0.25, 0.3) is 0 Å². The van der Waals surface area contributed by atoms with Gasteiger partial charge in [-0.15, -0.1) is 0 Å². The molecule has 0 aromatic rings. The fraction of sp³-hybridized carbons (Fsp3) is 0.143. The monoisotopic (exact) mass is 138 g/mol. The smallest absolute Gasteiger partial charge is 0.212 e. The van der Waals surface area contributed by atoms with E-state index < -0.39 is 0 Å². The number of aliphatic imine (C=N–C) groups is 1. The zero-order valence-electron chi connectivity index (χ0n) is 5.87. The zero-order chi connectivity index (χ0) is 7.82. The molecular weight excluding hydrogens is 128 g/mol. The van der Waals surface area contributed by atoms with E-state index >= 15 is 0 Å². The summed E-state index contributed by atoms with van der Waals surface area (Å²) in [5.74, 6) is 0.493. The van der Waals surface area contributed by atoms with Crippen LogP contribution in [0.4, 0.5) is 0 Å². The highest BCUT2D eigenvalue weighted by Gasteiger charge is 1.84. The molecule has 0 radical (unpaired) electrons. The third kappa shape index (κ3) is 3.60. The van der Waals surface area contributed by atoms with E-state index in [9.17, 15) is 4.79 Å². The summed E-state index contributed by atoms with van der Waals surface area (Å²) in [7, 11) is 0. The molecule has 3 nitrogen and oxygen atoms in total. The Morgan fingerprint density at radius 3 is 2.80 bits per heavy atom. The maximum atomic E-state index is 9.90. The van der Waals surface area contributed by atoms with Crippen molar-refractivity contribution in [2.75, 3.05) is 0 Å². The summed E-state index contributed by atoms with van der Waals surface area (Å²) in [5.41, 5.74) is 0. The Bertz CT molecular complexity index is 170. The van der Waals surface area contributed by atoms with E-state index in [1.807, 2.05) is 0 Å². The van der Waals surface area contributed by atoms with Crippen LogP contribution in [0.15, 0.2) is 29.5 Å². The Morgan fingerprint density at radius 2 is 2.40 bits per heavy atom. The number of carbonyl (C=O) groups excluding carboxylic acids is 1. The molecule has 0 aliphatic rings. The first-order valence-corrected chi connectivity index (χ1v) is 2.86. The lowest BCUT2D eigenvalue weighted by molar-refractivity contribution is -0.108. The Hall–Kier alpha value is -1.38. The van der Waals surface area contributed by atoms with Crippen LogP contribution >= 0.6 is 0 Å². The largest absolute Gasteiger partial charge is 0.313 e. The van der Waals surface area contributed by atoms with Crippen molar-refractivity contribution in [3.05, 3.63) is 24.6 Å². The summed E-state index contributed by atoms with van der Waals surface area (Å²) < 4.78 is 0. The minimum atomic E-state index is 0.493. The van der Waals surface area contributed by atoms with Crippen LogP contribution in [0, 0.1) is 0 Å². The molecule has 0 aliphatic heterocycles. The molecule has 0 bridgehead atoms. The normalized spacial score (nSPS) is 11.5. The van der Waals surface area contributed by atoms with Gasteiger partial charge < -0.3 is 5.32 Å². The van der Waals surface area contributed by atoms with Gasteiger partial charge in [-0.2, -0.15) is 0 Å². The maximum Gasteiger partial charge on any atom is 0.212 e. The standard InChI is InChI=1S/C7H10N2O/c1-3-5-7(8-4-2)9-6-10/h3-6H,1H2,2H3,(H,9,10)/b7-5+,8-4-. The van der Waals surface area contributed by atoms with E-state index in [4.69, 9.17) is 0 Å². The fourth-order valence-corrected chi connectivity index (χ4v) is 0.440. The van der Waals surface area contributed by atoms with E-state index in [2.05, 4.69) is 16.9 Å². The molecule has 10 heavy (non-hydrogen) atoms. The number of carbonyl (C=O) groups is 1. The molecule has 1 N–H and O–H groups in total. The van der Waals surface area contributed by atoms with E-state index in [1.165, 1.54) is 0 Å². The highest BCUT2D eigenvalue weighted by atomic mass is 16.1. The van der Waals surface area contributed by atoms with Gasteiger partial charge in [-0.3, -0.25) is 4.79 Å². The molecule has 0 heterocycles. The Kier molecular flexibility index (Phi) is 4.96. The van der Waals surface area contributed by atoms with Crippen LogP contribution in [0.5, 0.6) is 0 Å². The summed E-state index contributed by atoms with van der Waals surface area (Å²) in [6.45, 7) is 5.23. The van der Waals surface area contributed by atoms with Crippen LogP contribution in [-0.2, 0) is 4.79 Å². The van der Waals surface area contributed by atoms with Crippen molar-refractivity contribution >= 4 is 12.6 Å². The van der Waals surface area contributed by atoms with Crippen LogP contribution in [0.3, 0.4) is 0 Å². The first-order valence-electron chi connectivity index (χ1n) is 2.86. The van der Waals surface area contributed by atoms with Crippen LogP contribution in [0.2, 0.25) is 0 Å². The van der Waals surface area contributed by atoms with Gasteiger partial charge in [-0.1, -0.05) is 12.7 Å².